The van der Waals surface area contributed by atoms with Crippen LogP contribution in [0.5, 0.6) is 0 Å². The topological polar surface area (TPSA) is 98.9 Å². The minimum absolute atomic E-state index is 0.172. The summed E-state index contributed by atoms with van der Waals surface area (Å²) in [5.74, 6) is -0.870. The van der Waals surface area contributed by atoms with Crippen molar-refractivity contribution in [1.29, 1.82) is 5.26 Å². The van der Waals surface area contributed by atoms with Crippen molar-refractivity contribution in [2.45, 2.75) is 38.1 Å². The summed E-state index contributed by atoms with van der Waals surface area (Å²) < 4.78 is 0. The Balaban J connectivity index is 2.14. The summed E-state index contributed by atoms with van der Waals surface area (Å²) in [6.07, 6.45) is 5.96. The number of hydrogen-bond acceptors (Lipinski definition) is 5. The van der Waals surface area contributed by atoms with E-state index >= 15 is 0 Å². The molecule has 0 saturated heterocycles. The molecule has 0 bridgehead atoms. The van der Waals surface area contributed by atoms with Crippen molar-refractivity contribution < 1.29 is 9.90 Å². The highest BCUT2D eigenvalue weighted by Gasteiger charge is 2.29. The standard InChI is InChI=1S/C13H16N4O2/c14-8-9-6-7-15-13(16-9)17-11-5-3-1-2-4-10(11)12(18)19/h6-7,10-11H,1-5H2,(H,18,19)(H,15,16,17). The second kappa shape index (κ2) is 6.14. The molecule has 2 rings (SSSR count). The summed E-state index contributed by atoms with van der Waals surface area (Å²) in [5, 5.41) is 21.1. The predicted molar refractivity (Wildman–Crippen MR) is 68.4 cm³/mol. The smallest absolute Gasteiger partial charge is 0.308 e. The summed E-state index contributed by atoms with van der Waals surface area (Å²) in [7, 11) is 0. The Morgan fingerprint density at radius 2 is 2.21 bits per heavy atom. The molecule has 2 unspecified atom stereocenters. The summed E-state index contributed by atoms with van der Waals surface area (Å²) in [6, 6.07) is 3.29. The van der Waals surface area contributed by atoms with E-state index in [0.717, 1.165) is 25.7 Å². The number of carboxylic acids is 1. The molecular weight excluding hydrogens is 244 g/mol. The summed E-state index contributed by atoms with van der Waals surface area (Å²) in [5.41, 5.74) is 0.276. The van der Waals surface area contributed by atoms with Crippen molar-refractivity contribution >= 4 is 11.9 Å². The van der Waals surface area contributed by atoms with Crippen LogP contribution in [0.25, 0.3) is 0 Å². The van der Waals surface area contributed by atoms with Gasteiger partial charge in [-0.25, -0.2) is 9.97 Å². The Morgan fingerprint density at radius 1 is 1.42 bits per heavy atom. The third-order valence-electron chi connectivity index (χ3n) is 3.42. The zero-order chi connectivity index (χ0) is 13.7. The number of nitrogens with one attached hydrogen (secondary N) is 1. The SMILES string of the molecule is N#Cc1ccnc(NC2CCCCCC2C(=O)O)n1. The number of aromatic nitrogens is 2. The van der Waals surface area contributed by atoms with Gasteiger partial charge in [0.25, 0.3) is 0 Å². The molecular formula is C13H16N4O2. The van der Waals surface area contributed by atoms with E-state index in [1.165, 1.54) is 12.3 Å². The minimum atomic E-state index is -0.782. The third kappa shape index (κ3) is 3.41. The first kappa shape index (κ1) is 13.3. The van der Waals surface area contributed by atoms with Crippen LogP contribution in [0.3, 0.4) is 0 Å². The molecule has 0 spiro atoms. The van der Waals surface area contributed by atoms with Crippen molar-refractivity contribution in [2.24, 2.45) is 5.92 Å². The first-order chi connectivity index (χ1) is 9.20. The number of carbonyl (C=O) groups is 1. The van der Waals surface area contributed by atoms with Crippen LogP contribution in [-0.4, -0.2) is 27.1 Å². The number of carboxylic acid groups (broad SMARTS) is 1. The van der Waals surface area contributed by atoms with Gasteiger partial charge in [-0.15, -0.1) is 0 Å². The maximum atomic E-state index is 11.3. The van der Waals surface area contributed by atoms with E-state index in [4.69, 9.17) is 5.26 Å². The summed E-state index contributed by atoms with van der Waals surface area (Å²) in [6.45, 7) is 0. The van der Waals surface area contributed by atoms with Gasteiger partial charge in [0.05, 0.1) is 5.92 Å². The highest BCUT2D eigenvalue weighted by molar-refractivity contribution is 5.71. The first-order valence-electron chi connectivity index (χ1n) is 6.43. The van der Waals surface area contributed by atoms with Gasteiger partial charge in [0.1, 0.15) is 11.8 Å². The van der Waals surface area contributed by atoms with Gasteiger partial charge in [-0.05, 0) is 18.9 Å². The van der Waals surface area contributed by atoms with Crippen molar-refractivity contribution in [3.05, 3.63) is 18.0 Å². The van der Waals surface area contributed by atoms with E-state index in [-0.39, 0.29) is 11.7 Å². The molecule has 0 amide bonds. The van der Waals surface area contributed by atoms with Crippen LogP contribution >= 0.6 is 0 Å². The molecule has 2 N–H and O–H groups in total. The van der Waals surface area contributed by atoms with Crippen molar-refractivity contribution in [3.63, 3.8) is 0 Å². The average Bonchev–Trinajstić information content (AvgIpc) is 2.64. The molecule has 2 atom stereocenters. The van der Waals surface area contributed by atoms with Crippen LogP contribution < -0.4 is 5.32 Å². The van der Waals surface area contributed by atoms with Crippen molar-refractivity contribution in [2.75, 3.05) is 5.32 Å². The van der Waals surface area contributed by atoms with Gasteiger partial charge in [0, 0.05) is 12.2 Å². The fourth-order valence-electron chi connectivity index (χ4n) is 2.43. The minimum Gasteiger partial charge on any atom is -0.481 e. The fourth-order valence-corrected chi connectivity index (χ4v) is 2.43. The summed E-state index contributed by atoms with van der Waals surface area (Å²) >= 11 is 0. The molecule has 0 aromatic carbocycles. The van der Waals surface area contributed by atoms with Gasteiger partial charge < -0.3 is 10.4 Å². The zero-order valence-electron chi connectivity index (χ0n) is 10.5. The molecule has 19 heavy (non-hydrogen) atoms. The van der Waals surface area contributed by atoms with Gasteiger partial charge in [-0.1, -0.05) is 19.3 Å². The van der Waals surface area contributed by atoms with Crippen molar-refractivity contribution in [3.8, 4) is 6.07 Å². The maximum Gasteiger partial charge on any atom is 0.308 e. The highest BCUT2D eigenvalue weighted by atomic mass is 16.4. The molecule has 0 radical (unpaired) electrons. The van der Waals surface area contributed by atoms with Crippen LogP contribution in [-0.2, 0) is 4.79 Å². The molecule has 1 saturated carbocycles. The number of nitrogens with zero attached hydrogens (tertiary/aromatic N) is 3. The molecule has 6 nitrogen and oxygen atoms in total. The lowest BCUT2D eigenvalue weighted by atomic mass is 9.95. The van der Waals surface area contributed by atoms with E-state index in [2.05, 4.69) is 15.3 Å². The first-order valence-corrected chi connectivity index (χ1v) is 6.43. The second-order valence-corrected chi connectivity index (χ2v) is 4.71. The number of rotatable bonds is 3. The van der Waals surface area contributed by atoms with Gasteiger partial charge in [0.2, 0.25) is 5.95 Å². The maximum absolute atomic E-state index is 11.3. The Hall–Kier alpha value is -2.16. The molecule has 100 valence electrons. The largest absolute Gasteiger partial charge is 0.481 e. The van der Waals surface area contributed by atoms with Gasteiger partial charge in [-0.2, -0.15) is 5.26 Å². The molecule has 1 aliphatic carbocycles. The number of aliphatic carboxylic acids is 1. The summed E-state index contributed by atoms with van der Waals surface area (Å²) in [4.78, 5) is 19.4. The number of anilines is 1. The molecule has 1 heterocycles. The zero-order valence-corrected chi connectivity index (χ0v) is 10.5. The predicted octanol–water partition coefficient (Wildman–Crippen LogP) is 1.79. The molecule has 6 heteroatoms. The molecule has 1 fully saturated rings. The van der Waals surface area contributed by atoms with E-state index in [0.29, 0.717) is 12.4 Å². The van der Waals surface area contributed by atoms with Crippen LogP contribution in [0, 0.1) is 17.2 Å². The monoisotopic (exact) mass is 260 g/mol. The van der Waals surface area contributed by atoms with Crippen LogP contribution in [0.4, 0.5) is 5.95 Å². The number of nitriles is 1. The molecule has 1 aromatic heterocycles. The van der Waals surface area contributed by atoms with Crippen LogP contribution in [0.15, 0.2) is 12.3 Å². The van der Waals surface area contributed by atoms with Crippen LogP contribution in [0.2, 0.25) is 0 Å². The Labute approximate surface area is 111 Å². The van der Waals surface area contributed by atoms with E-state index in [1.54, 1.807) is 0 Å². The number of hydrogen-bond donors (Lipinski definition) is 2. The molecule has 0 aliphatic heterocycles. The Bertz CT molecular complexity index is 498. The Kier molecular flexibility index (Phi) is 4.29. The molecule has 1 aromatic rings. The van der Waals surface area contributed by atoms with Gasteiger partial charge >= 0.3 is 5.97 Å². The van der Waals surface area contributed by atoms with E-state index < -0.39 is 11.9 Å². The quantitative estimate of drug-likeness (QED) is 0.804. The van der Waals surface area contributed by atoms with Crippen LogP contribution in [0.1, 0.15) is 37.8 Å². The van der Waals surface area contributed by atoms with Crippen molar-refractivity contribution in [1.82, 2.24) is 9.97 Å². The molecule has 1 aliphatic rings. The van der Waals surface area contributed by atoms with Gasteiger partial charge in [0.15, 0.2) is 0 Å². The fraction of sp³-hybridized carbons (Fsp3) is 0.538. The third-order valence-corrected chi connectivity index (χ3v) is 3.42. The van der Waals surface area contributed by atoms with E-state index in [1.807, 2.05) is 6.07 Å². The lowest BCUT2D eigenvalue weighted by molar-refractivity contribution is -0.142. The lowest BCUT2D eigenvalue weighted by Crippen LogP contribution is -2.34. The van der Waals surface area contributed by atoms with Gasteiger partial charge in [-0.3, -0.25) is 4.79 Å². The van der Waals surface area contributed by atoms with E-state index in [9.17, 15) is 9.90 Å². The average molecular weight is 260 g/mol. The highest BCUT2D eigenvalue weighted by Crippen LogP contribution is 2.25. The lowest BCUT2D eigenvalue weighted by Gasteiger charge is -2.22. The second-order valence-electron chi connectivity index (χ2n) is 4.71. The normalized spacial score (nSPS) is 23.1. The Morgan fingerprint density at radius 3 is 2.95 bits per heavy atom.